The Morgan fingerprint density at radius 2 is 2.25 bits per heavy atom. The summed E-state index contributed by atoms with van der Waals surface area (Å²) in [7, 11) is 0. The highest BCUT2D eigenvalue weighted by Gasteiger charge is 2.00. The van der Waals surface area contributed by atoms with E-state index in [0.29, 0.717) is 17.9 Å². The van der Waals surface area contributed by atoms with Crippen molar-refractivity contribution in [2.24, 2.45) is 0 Å². The summed E-state index contributed by atoms with van der Waals surface area (Å²) >= 11 is 0. The van der Waals surface area contributed by atoms with Crippen LogP contribution < -0.4 is 4.74 Å². The van der Waals surface area contributed by atoms with Crippen LogP contribution in [-0.4, -0.2) is 17.7 Å². The molecule has 0 spiro atoms. The lowest BCUT2D eigenvalue weighted by atomic mass is 10.2. The average molecular weight is 224 g/mol. The van der Waals surface area contributed by atoms with Gasteiger partial charge in [0.2, 0.25) is 0 Å². The zero-order valence-corrected chi connectivity index (χ0v) is 8.94. The van der Waals surface area contributed by atoms with E-state index in [1.165, 1.54) is 18.2 Å². The number of rotatable bonds is 5. The summed E-state index contributed by atoms with van der Waals surface area (Å²) in [6, 6.07) is 4.12. The minimum atomic E-state index is -1.07. The molecule has 86 valence electrons. The first kappa shape index (κ1) is 12.2. The highest BCUT2D eigenvalue weighted by atomic mass is 19.1. The first-order valence-electron chi connectivity index (χ1n) is 4.96. The molecule has 0 atom stereocenters. The number of ether oxygens (including phenoxy) is 1. The lowest BCUT2D eigenvalue weighted by molar-refractivity contribution is -0.131. The van der Waals surface area contributed by atoms with Crippen molar-refractivity contribution in [1.82, 2.24) is 0 Å². The third kappa shape index (κ3) is 4.13. The molecule has 4 heteroatoms. The fourth-order valence-corrected chi connectivity index (χ4v) is 1.15. The van der Waals surface area contributed by atoms with E-state index >= 15 is 0 Å². The number of carboxylic acids is 1. The van der Waals surface area contributed by atoms with Crippen LogP contribution in [0.5, 0.6) is 5.75 Å². The van der Waals surface area contributed by atoms with Gasteiger partial charge in [-0.1, -0.05) is 6.92 Å². The Bertz CT molecular complexity index is 399. The summed E-state index contributed by atoms with van der Waals surface area (Å²) in [6.07, 6.45) is 3.11. The molecule has 0 aliphatic rings. The summed E-state index contributed by atoms with van der Waals surface area (Å²) in [6.45, 7) is 2.45. The molecule has 0 fully saturated rings. The summed E-state index contributed by atoms with van der Waals surface area (Å²) in [5.41, 5.74) is 0.466. The van der Waals surface area contributed by atoms with Gasteiger partial charge in [0.1, 0.15) is 11.6 Å². The van der Waals surface area contributed by atoms with Crippen molar-refractivity contribution in [3.05, 3.63) is 35.7 Å². The first-order valence-corrected chi connectivity index (χ1v) is 4.96. The van der Waals surface area contributed by atoms with Gasteiger partial charge in [-0.3, -0.25) is 0 Å². The van der Waals surface area contributed by atoms with Crippen LogP contribution in [0.4, 0.5) is 4.39 Å². The van der Waals surface area contributed by atoms with Crippen LogP contribution in [0.15, 0.2) is 24.3 Å². The SMILES string of the molecule is CCCOc1cc(F)cc(/C=C/C(=O)O)c1. The Morgan fingerprint density at radius 3 is 2.88 bits per heavy atom. The molecule has 0 bridgehead atoms. The van der Waals surface area contributed by atoms with Crippen LogP contribution in [0.1, 0.15) is 18.9 Å². The summed E-state index contributed by atoms with van der Waals surface area (Å²) in [5.74, 6) is -1.11. The van der Waals surface area contributed by atoms with E-state index in [-0.39, 0.29) is 0 Å². The molecule has 0 aliphatic heterocycles. The largest absolute Gasteiger partial charge is 0.493 e. The van der Waals surface area contributed by atoms with Gasteiger partial charge in [-0.05, 0) is 30.2 Å². The molecule has 0 saturated carbocycles. The van der Waals surface area contributed by atoms with Gasteiger partial charge >= 0.3 is 5.97 Å². The van der Waals surface area contributed by atoms with E-state index < -0.39 is 11.8 Å². The first-order chi connectivity index (χ1) is 7.61. The molecular formula is C12H13FO3. The average Bonchev–Trinajstić information content (AvgIpc) is 2.23. The molecule has 1 aromatic rings. The van der Waals surface area contributed by atoms with Crippen LogP contribution in [-0.2, 0) is 4.79 Å². The zero-order valence-electron chi connectivity index (χ0n) is 8.94. The van der Waals surface area contributed by atoms with Crippen molar-refractivity contribution < 1.29 is 19.0 Å². The van der Waals surface area contributed by atoms with Crippen LogP contribution in [0.25, 0.3) is 6.08 Å². The number of carbonyl (C=O) groups is 1. The van der Waals surface area contributed by atoms with E-state index in [9.17, 15) is 9.18 Å². The third-order valence-corrected chi connectivity index (χ3v) is 1.78. The molecule has 0 aliphatic carbocycles. The second-order valence-corrected chi connectivity index (χ2v) is 3.24. The number of benzene rings is 1. The normalized spacial score (nSPS) is 10.6. The molecular weight excluding hydrogens is 211 g/mol. The smallest absolute Gasteiger partial charge is 0.328 e. The van der Waals surface area contributed by atoms with Crippen LogP contribution in [0.2, 0.25) is 0 Å². The Labute approximate surface area is 93.2 Å². The van der Waals surface area contributed by atoms with Gasteiger partial charge in [0.05, 0.1) is 6.61 Å². The van der Waals surface area contributed by atoms with Crippen LogP contribution >= 0.6 is 0 Å². The second-order valence-electron chi connectivity index (χ2n) is 3.24. The molecule has 0 radical (unpaired) electrons. The van der Waals surface area contributed by atoms with Crippen molar-refractivity contribution in [2.45, 2.75) is 13.3 Å². The van der Waals surface area contributed by atoms with E-state index in [4.69, 9.17) is 9.84 Å². The Morgan fingerprint density at radius 1 is 1.50 bits per heavy atom. The Kier molecular flexibility index (Phi) is 4.51. The van der Waals surface area contributed by atoms with Crippen molar-refractivity contribution in [3.8, 4) is 5.75 Å². The number of halogens is 1. The van der Waals surface area contributed by atoms with Gasteiger partial charge in [0.15, 0.2) is 0 Å². The minimum absolute atomic E-state index is 0.409. The lowest BCUT2D eigenvalue weighted by Crippen LogP contribution is -1.96. The number of hydrogen-bond donors (Lipinski definition) is 1. The van der Waals surface area contributed by atoms with E-state index in [2.05, 4.69) is 0 Å². The zero-order chi connectivity index (χ0) is 12.0. The number of hydrogen-bond acceptors (Lipinski definition) is 2. The minimum Gasteiger partial charge on any atom is -0.493 e. The maximum atomic E-state index is 13.1. The third-order valence-electron chi connectivity index (χ3n) is 1.78. The van der Waals surface area contributed by atoms with Gasteiger partial charge in [-0.15, -0.1) is 0 Å². The monoisotopic (exact) mass is 224 g/mol. The lowest BCUT2D eigenvalue weighted by Gasteiger charge is -2.05. The van der Waals surface area contributed by atoms with Gasteiger partial charge < -0.3 is 9.84 Å². The second kappa shape index (κ2) is 5.90. The van der Waals surface area contributed by atoms with E-state index in [1.807, 2.05) is 6.92 Å². The Hall–Kier alpha value is -1.84. The van der Waals surface area contributed by atoms with Gasteiger partial charge in [0.25, 0.3) is 0 Å². The summed E-state index contributed by atoms with van der Waals surface area (Å²) in [4.78, 5) is 10.3. The molecule has 3 nitrogen and oxygen atoms in total. The van der Waals surface area contributed by atoms with Gasteiger partial charge in [-0.2, -0.15) is 0 Å². The molecule has 1 aromatic carbocycles. The maximum absolute atomic E-state index is 13.1. The van der Waals surface area contributed by atoms with Crippen LogP contribution in [0.3, 0.4) is 0 Å². The van der Waals surface area contributed by atoms with Gasteiger partial charge in [0, 0.05) is 12.1 Å². The summed E-state index contributed by atoms with van der Waals surface area (Å²) in [5, 5.41) is 8.44. The molecule has 1 N–H and O–H groups in total. The fourth-order valence-electron chi connectivity index (χ4n) is 1.15. The Balaban J connectivity index is 2.85. The number of aliphatic carboxylic acids is 1. The van der Waals surface area contributed by atoms with Crippen LogP contribution in [0, 0.1) is 5.82 Å². The highest BCUT2D eigenvalue weighted by Crippen LogP contribution is 2.17. The van der Waals surface area contributed by atoms with E-state index in [0.717, 1.165) is 12.5 Å². The quantitative estimate of drug-likeness (QED) is 0.782. The predicted molar refractivity (Wildman–Crippen MR) is 58.9 cm³/mol. The molecule has 0 amide bonds. The molecule has 1 rings (SSSR count). The fraction of sp³-hybridized carbons (Fsp3) is 0.250. The number of carboxylic acid groups (broad SMARTS) is 1. The topological polar surface area (TPSA) is 46.5 Å². The molecule has 0 aromatic heterocycles. The van der Waals surface area contributed by atoms with E-state index in [1.54, 1.807) is 6.07 Å². The standard InChI is InChI=1S/C12H13FO3/c1-2-5-16-11-7-9(3-4-12(14)15)6-10(13)8-11/h3-4,6-8H,2,5H2,1H3,(H,14,15)/b4-3+. The maximum Gasteiger partial charge on any atom is 0.328 e. The van der Waals surface area contributed by atoms with Crippen molar-refractivity contribution in [1.29, 1.82) is 0 Å². The van der Waals surface area contributed by atoms with Crippen molar-refractivity contribution in [3.63, 3.8) is 0 Å². The molecule has 16 heavy (non-hydrogen) atoms. The van der Waals surface area contributed by atoms with Crippen molar-refractivity contribution in [2.75, 3.05) is 6.61 Å². The molecule has 0 heterocycles. The van der Waals surface area contributed by atoms with Crippen molar-refractivity contribution >= 4 is 12.0 Å². The highest BCUT2D eigenvalue weighted by molar-refractivity contribution is 5.85. The molecule has 0 unspecified atom stereocenters. The molecule has 0 saturated heterocycles. The van der Waals surface area contributed by atoms with Gasteiger partial charge in [-0.25, -0.2) is 9.18 Å². The predicted octanol–water partition coefficient (Wildman–Crippen LogP) is 2.71. The summed E-state index contributed by atoms with van der Waals surface area (Å²) < 4.78 is 18.4.